The summed E-state index contributed by atoms with van der Waals surface area (Å²) in [6, 6.07) is 13.9. The van der Waals surface area contributed by atoms with E-state index in [0.717, 1.165) is 25.7 Å². The van der Waals surface area contributed by atoms with E-state index in [9.17, 15) is 14.4 Å². The number of aromatic nitrogens is 2. The summed E-state index contributed by atoms with van der Waals surface area (Å²) in [4.78, 5) is 41.9. The molecule has 1 aliphatic carbocycles. The van der Waals surface area contributed by atoms with Crippen molar-refractivity contribution in [1.29, 1.82) is 0 Å². The minimum Gasteiger partial charge on any atom is -0.465 e. The van der Waals surface area contributed by atoms with E-state index in [4.69, 9.17) is 4.98 Å². The third-order valence-electron chi connectivity index (χ3n) is 5.39. The number of amides is 1. The number of benzene rings is 2. The number of thioether (sulfide) groups is 1. The molecule has 1 fully saturated rings. The van der Waals surface area contributed by atoms with E-state index >= 15 is 0 Å². The average Bonchev–Trinajstić information content (AvgIpc) is 3.32. The zero-order chi connectivity index (χ0) is 21.8. The first-order valence-electron chi connectivity index (χ1n) is 10.2. The number of nitrogens with zero attached hydrogens (tertiary/aromatic N) is 2. The number of nitrogens with one attached hydrogen (secondary N) is 1. The molecule has 2 aromatic carbocycles. The number of rotatable bonds is 6. The number of esters is 1. The van der Waals surface area contributed by atoms with E-state index in [-0.39, 0.29) is 23.3 Å². The second-order valence-electron chi connectivity index (χ2n) is 7.43. The molecule has 0 unspecified atom stereocenters. The van der Waals surface area contributed by atoms with E-state index in [2.05, 4.69) is 10.1 Å². The van der Waals surface area contributed by atoms with Crippen molar-refractivity contribution in [3.63, 3.8) is 0 Å². The molecule has 1 saturated carbocycles. The molecule has 0 spiro atoms. The zero-order valence-corrected chi connectivity index (χ0v) is 18.0. The van der Waals surface area contributed by atoms with Gasteiger partial charge >= 0.3 is 5.97 Å². The Labute approximate surface area is 183 Å². The Kier molecular flexibility index (Phi) is 6.36. The lowest BCUT2D eigenvalue weighted by Crippen LogP contribution is -2.27. The number of hydrogen-bond acceptors (Lipinski definition) is 6. The number of ether oxygens (including phenoxy) is 1. The van der Waals surface area contributed by atoms with E-state index in [1.54, 1.807) is 34.9 Å². The van der Waals surface area contributed by atoms with Crippen molar-refractivity contribution in [2.45, 2.75) is 36.9 Å². The highest BCUT2D eigenvalue weighted by Gasteiger charge is 2.23. The molecule has 0 saturated heterocycles. The Morgan fingerprint density at radius 3 is 2.55 bits per heavy atom. The molecule has 0 bridgehead atoms. The highest BCUT2D eigenvalue weighted by Crippen LogP contribution is 2.32. The quantitative estimate of drug-likeness (QED) is 0.356. The van der Waals surface area contributed by atoms with Crippen LogP contribution in [0, 0.1) is 0 Å². The van der Waals surface area contributed by atoms with Crippen molar-refractivity contribution < 1.29 is 14.3 Å². The second-order valence-corrected chi connectivity index (χ2v) is 8.37. The van der Waals surface area contributed by atoms with Gasteiger partial charge in [0.25, 0.3) is 5.56 Å². The predicted molar refractivity (Wildman–Crippen MR) is 121 cm³/mol. The van der Waals surface area contributed by atoms with Gasteiger partial charge in [0, 0.05) is 11.7 Å². The van der Waals surface area contributed by atoms with E-state index in [1.165, 1.54) is 18.9 Å². The molecule has 0 atom stereocenters. The van der Waals surface area contributed by atoms with Crippen LogP contribution in [-0.4, -0.2) is 34.3 Å². The van der Waals surface area contributed by atoms with Gasteiger partial charge in [-0.25, -0.2) is 9.78 Å². The fourth-order valence-electron chi connectivity index (χ4n) is 3.85. The van der Waals surface area contributed by atoms with Gasteiger partial charge in [0.1, 0.15) is 0 Å². The number of anilines is 1. The monoisotopic (exact) mass is 437 g/mol. The first-order valence-corrected chi connectivity index (χ1v) is 11.2. The number of para-hydroxylation sites is 1. The van der Waals surface area contributed by atoms with Crippen molar-refractivity contribution in [3.05, 3.63) is 64.4 Å². The summed E-state index contributed by atoms with van der Waals surface area (Å²) in [7, 11) is 1.32. The Hall–Kier alpha value is -3.13. The van der Waals surface area contributed by atoms with Crippen LogP contribution in [0.5, 0.6) is 0 Å². The van der Waals surface area contributed by atoms with Crippen molar-refractivity contribution >= 4 is 40.2 Å². The van der Waals surface area contributed by atoms with Crippen LogP contribution in [0.2, 0.25) is 0 Å². The molecule has 3 aromatic rings. The van der Waals surface area contributed by atoms with Crippen LogP contribution in [0.3, 0.4) is 0 Å². The van der Waals surface area contributed by atoms with Crippen molar-refractivity contribution in [2.24, 2.45) is 0 Å². The maximum Gasteiger partial charge on any atom is 0.337 e. The van der Waals surface area contributed by atoms with Gasteiger partial charge in [-0.3, -0.25) is 14.2 Å². The van der Waals surface area contributed by atoms with Gasteiger partial charge in [-0.15, -0.1) is 0 Å². The molecular formula is C23H23N3O4S. The largest absolute Gasteiger partial charge is 0.465 e. The Bertz CT molecular complexity index is 1170. The van der Waals surface area contributed by atoms with Crippen LogP contribution in [0.15, 0.2) is 58.5 Å². The number of carbonyl (C=O) groups excluding carboxylic acids is 2. The summed E-state index contributed by atoms with van der Waals surface area (Å²) < 4.78 is 6.45. The first kappa shape index (κ1) is 21.1. The molecule has 1 heterocycles. The van der Waals surface area contributed by atoms with Gasteiger partial charge in [-0.1, -0.05) is 36.7 Å². The predicted octanol–water partition coefficient (Wildman–Crippen LogP) is 4.03. The fourth-order valence-corrected chi connectivity index (χ4v) is 4.71. The maximum absolute atomic E-state index is 13.2. The molecule has 0 radical (unpaired) electrons. The molecule has 1 aliphatic rings. The number of methoxy groups -OCH3 is 1. The molecule has 31 heavy (non-hydrogen) atoms. The van der Waals surface area contributed by atoms with Crippen LogP contribution in [0.1, 0.15) is 42.1 Å². The summed E-state index contributed by atoms with van der Waals surface area (Å²) in [6.45, 7) is 0. The SMILES string of the molecule is COC(=O)c1ccc(NC(=O)CSc2nc3ccccc3c(=O)n2C2CCCC2)cc1. The van der Waals surface area contributed by atoms with Gasteiger partial charge in [-0.05, 0) is 49.2 Å². The van der Waals surface area contributed by atoms with Gasteiger partial charge in [0.05, 0.1) is 29.3 Å². The Balaban J connectivity index is 1.51. The molecule has 7 nitrogen and oxygen atoms in total. The van der Waals surface area contributed by atoms with Crippen LogP contribution in [-0.2, 0) is 9.53 Å². The summed E-state index contributed by atoms with van der Waals surface area (Å²) in [5.74, 6) is -0.520. The number of hydrogen-bond donors (Lipinski definition) is 1. The summed E-state index contributed by atoms with van der Waals surface area (Å²) in [5, 5.41) is 3.99. The number of carbonyl (C=O) groups is 2. The third-order valence-corrected chi connectivity index (χ3v) is 6.34. The second kappa shape index (κ2) is 9.34. The molecule has 1 amide bonds. The van der Waals surface area contributed by atoms with E-state index in [0.29, 0.717) is 27.3 Å². The smallest absolute Gasteiger partial charge is 0.337 e. The summed E-state index contributed by atoms with van der Waals surface area (Å²) in [6.07, 6.45) is 4.09. The maximum atomic E-state index is 13.2. The minimum atomic E-state index is -0.430. The molecule has 0 aliphatic heterocycles. The summed E-state index contributed by atoms with van der Waals surface area (Å²) >= 11 is 1.27. The molecule has 1 aromatic heterocycles. The standard InChI is InChI=1S/C23H23N3O4S/c1-30-22(29)15-10-12-16(13-11-15)24-20(27)14-31-23-25-19-9-5-4-8-18(19)21(28)26(23)17-6-2-3-7-17/h4-5,8-13,17H,2-3,6-7,14H2,1H3,(H,24,27). The highest BCUT2D eigenvalue weighted by atomic mass is 32.2. The van der Waals surface area contributed by atoms with Crippen LogP contribution < -0.4 is 10.9 Å². The average molecular weight is 438 g/mol. The highest BCUT2D eigenvalue weighted by molar-refractivity contribution is 7.99. The molecule has 8 heteroatoms. The third kappa shape index (κ3) is 4.64. The molecule has 1 N–H and O–H groups in total. The summed E-state index contributed by atoms with van der Waals surface area (Å²) in [5.41, 5.74) is 1.59. The lowest BCUT2D eigenvalue weighted by atomic mass is 10.2. The Morgan fingerprint density at radius 1 is 1.13 bits per heavy atom. The first-order chi connectivity index (χ1) is 15.1. The minimum absolute atomic E-state index is 0.0428. The lowest BCUT2D eigenvalue weighted by Gasteiger charge is -2.18. The van der Waals surface area contributed by atoms with Crippen molar-refractivity contribution in [3.8, 4) is 0 Å². The normalized spacial score (nSPS) is 14.0. The van der Waals surface area contributed by atoms with E-state index < -0.39 is 5.97 Å². The van der Waals surface area contributed by atoms with Gasteiger partial charge in [0.15, 0.2) is 5.16 Å². The number of fused-ring (bicyclic) bond motifs is 1. The van der Waals surface area contributed by atoms with Crippen LogP contribution in [0.25, 0.3) is 10.9 Å². The van der Waals surface area contributed by atoms with Crippen molar-refractivity contribution in [1.82, 2.24) is 9.55 Å². The van der Waals surface area contributed by atoms with Gasteiger partial charge in [-0.2, -0.15) is 0 Å². The van der Waals surface area contributed by atoms with Gasteiger partial charge < -0.3 is 10.1 Å². The molecular weight excluding hydrogens is 414 g/mol. The van der Waals surface area contributed by atoms with Crippen molar-refractivity contribution in [2.75, 3.05) is 18.2 Å². The topological polar surface area (TPSA) is 90.3 Å². The Morgan fingerprint density at radius 2 is 1.84 bits per heavy atom. The molecule has 4 rings (SSSR count). The zero-order valence-electron chi connectivity index (χ0n) is 17.2. The van der Waals surface area contributed by atoms with Gasteiger partial charge in [0.2, 0.25) is 5.91 Å². The fraction of sp³-hybridized carbons (Fsp3) is 0.304. The lowest BCUT2D eigenvalue weighted by molar-refractivity contribution is -0.113. The molecule has 160 valence electrons. The van der Waals surface area contributed by atoms with Crippen LogP contribution >= 0.6 is 11.8 Å². The van der Waals surface area contributed by atoms with Crippen LogP contribution in [0.4, 0.5) is 5.69 Å². The van der Waals surface area contributed by atoms with E-state index in [1.807, 2.05) is 18.2 Å².